The third-order valence-electron chi connectivity index (χ3n) is 3.83. The Morgan fingerprint density at radius 1 is 1.35 bits per heavy atom. The molecule has 1 unspecified atom stereocenters. The quantitative estimate of drug-likeness (QED) is 0.899. The molecule has 1 aromatic carbocycles. The Bertz CT molecular complexity index is 498. The van der Waals surface area contributed by atoms with E-state index in [9.17, 15) is 4.79 Å². The minimum atomic E-state index is 0.0360. The first kappa shape index (κ1) is 13.2. The number of fused-ring (bicyclic) bond motifs is 1. The van der Waals surface area contributed by atoms with Crippen LogP contribution in [0.1, 0.15) is 16.8 Å². The monoisotopic (exact) mass is 276 g/mol. The molecular weight excluding hydrogens is 256 g/mol. The van der Waals surface area contributed by atoms with Gasteiger partial charge in [0.1, 0.15) is 13.2 Å². The number of amides is 1. The first-order valence-corrected chi connectivity index (χ1v) is 7.10. The zero-order valence-corrected chi connectivity index (χ0v) is 11.7. The lowest BCUT2D eigenvalue weighted by atomic mass is 10.1. The van der Waals surface area contributed by atoms with Crippen molar-refractivity contribution in [3.63, 3.8) is 0 Å². The molecule has 1 fully saturated rings. The highest BCUT2D eigenvalue weighted by Crippen LogP contribution is 2.31. The van der Waals surface area contributed by atoms with Crippen molar-refractivity contribution in [2.75, 3.05) is 39.9 Å². The molecule has 0 aromatic heterocycles. The Hall–Kier alpha value is -1.75. The van der Waals surface area contributed by atoms with Crippen LogP contribution >= 0.6 is 0 Å². The van der Waals surface area contributed by atoms with Crippen LogP contribution in [0.15, 0.2) is 18.2 Å². The van der Waals surface area contributed by atoms with Gasteiger partial charge in [0.15, 0.2) is 11.5 Å². The van der Waals surface area contributed by atoms with Gasteiger partial charge in [0.25, 0.3) is 5.91 Å². The van der Waals surface area contributed by atoms with Crippen LogP contribution in [0.2, 0.25) is 0 Å². The smallest absolute Gasteiger partial charge is 0.253 e. The fourth-order valence-electron chi connectivity index (χ4n) is 2.74. The minimum absolute atomic E-state index is 0.0360. The van der Waals surface area contributed by atoms with E-state index in [-0.39, 0.29) is 5.91 Å². The van der Waals surface area contributed by atoms with Crippen molar-refractivity contribution >= 4 is 5.91 Å². The molecule has 0 saturated carbocycles. The van der Waals surface area contributed by atoms with Crippen molar-refractivity contribution in [1.29, 1.82) is 0 Å². The van der Waals surface area contributed by atoms with E-state index in [0.717, 1.165) is 31.8 Å². The highest BCUT2D eigenvalue weighted by molar-refractivity contribution is 5.94. The number of carbonyl (C=O) groups excluding carboxylic acids is 1. The summed E-state index contributed by atoms with van der Waals surface area (Å²) in [4.78, 5) is 14.2. The standard InChI is InChI=1S/C15H20N2O3/c1-17(10-11-4-5-16-9-11)15(18)12-2-3-13-14(8-12)20-7-6-19-13/h2-3,8,11,16H,4-7,9-10H2,1H3. The Morgan fingerprint density at radius 3 is 2.90 bits per heavy atom. The Kier molecular flexibility index (Phi) is 3.78. The number of nitrogens with one attached hydrogen (secondary N) is 1. The lowest BCUT2D eigenvalue weighted by Crippen LogP contribution is -2.32. The number of hydrogen-bond donors (Lipinski definition) is 1. The summed E-state index contributed by atoms with van der Waals surface area (Å²) in [5, 5.41) is 3.32. The second-order valence-electron chi connectivity index (χ2n) is 5.40. The predicted molar refractivity (Wildman–Crippen MR) is 75.4 cm³/mol. The van der Waals surface area contributed by atoms with Gasteiger partial charge in [-0.25, -0.2) is 0 Å². The Labute approximate surface area is 118 Å². The number of nitrogens with zero attached hydrogens (tertiary/aromatic N) is 1. The molecule has 3 rings (SSSR count). The van der Waals surface area contributed by atoms with Crippen molar-refractivity contribution < 1.29 is 14.3 Å². The third-order valence-corrected chi connectivity index (χ3v) is 3.83. The molecule has 0 radical (unpaired) electrons. The van der Waals surface area contributed by atoms with Crippen LogP contribution in [0.3, 0.4) is 0 Å². The zero-order chi connectivity index (χ0) is 13.9. The number of carbonyl (C=O) groups is 1. The van der Waals surface area contributed by atoms with Gasteiger partial charge in [-0.1, -0.05) is 0 Å². The van der Waals surface area contributed by atoms with Gasteiger partial charge in [-0.15, -0.1) is 0 Å². The highest BCUT2D eigenvalue weighted by atomic mass is 16.6. The summed E-state index contributed by atoms with van der Waals surface area (Å²) >= 11 is 0. The molecule has 0 bridgehead atoms. The van der Waals surface area contributed by atoms with Crippen LogP contribution in [0.4, 0.5) is 0 Å². The van der Waals surface area contributed by atoms with Crippen molar-refractivity contribution in [2.24, 2.45) is 5.92 Å². The molecule has 20 heavy (non-hydrogen) atoms. The van der Waals surface area contributed by atoms with E-state index in [0.29, 0.717) is 30.4 Å². The van der Waals surface area contributed by atoms with Crippen molar-refractivity contribution in [2.45, 2.75) is 6.42 Å². The number of rotatable bonds is 3. The van der Waals surface area contributed by atoms with E-state index >= 15 is 0 Å². The van der Waals surface area contributed by atoms with Gasteiger partial charge in [-0.05, 0) is 43.6 Å². The first-order chi connectivity index (χ1) is 9.74. The molecule has 0 aliphatic carbocycles. The van der Waals surface area contributed by atoms with Crippen LogP contribution in [0, 0.1) is 5.92 Å². The predicted octanol–water partition coefficient (Wildman–Crippen LogP) is 1.14. The summed E-state index contributed by atoms with van der Waals surface area (Å²) < 4.78 is 11.0. The highest BCUT2D eigenvalue weighted by Gasteiger charge is 2.21. The minimum Gasteiger partial charge on any atom is -0.486 e. The van der Waals surface area contributed by atoms with Gasteiger partial charge in [-0.2, -0.15) is 0 Å². The normalized spacial score (nSPS) is 20.8. The van der Waals surface area contributed by atoms with Gasteiger partial charge in [0, 0.05) is 19.2 Å². The molecule has 2 aliphatic rings. The van der Waals surface area contributed by atoms with Gasteiger partial charge in [-0.3, -0.25) is 4.79 Å². The number of benzene rings is 1. The average molecular weight is 276 g/mol. The van der Waals surface area contributed by atoms with Crippen molar-refractivity contribution in [3.05, 3.63) is 23.8 Å². The Balaban J connectivity index is 1.69. The lowest BCUT2D eigenvalue weighted by molar-refractivity contribution is 0.0775. The SMILES string of the molecule is CN(CC1CCNC1)C(=O)c1ccc2c(c1)OCCO2. The molecule has 1 saturated heterocycles. The van der Waals surface area contributed by atoms with Crippen LogP contribution in [0.5, 0.6) is 11.5 Å². The zero-order valence-electron chi connectivity index (χ0n) is 11.7. The molecule has 1 amide bonds. The van der Waals surface area contributed by atoms with Gasteiger partial charge in [0.2, 0.25) is 0 Å². The largest absolute Gasteiger partial charge is 0.486 e. The van der Waals surface area contributed by atoms with Crippen LogP contribution in [0.25, 0.3) is 0 Å². The lowest BCUT2D eigenvalue weighted by Gasteiger charge is -2.22. The summed E-state index contributed by atoms with van der Waals surface area (Å²) in [7, 11) is 1.86. The van der Waals surface area contributed by atoms with E-state index < -0.39 is 0 Å². The molecule has 5 heteroatoms. The van der Waals surface area contributed by atoms with E-state index in [1.54, 1.807) is 17.0 Å². The van der Waals surface area contributed by atoms with Crippen LogP contribution < -0.4 is 14.8 Å². The average Bonchev–Trinajstić information content (AvgIpc) is 2.99. The molecule has 1 aromatic rings. The summed E-state index contributed by atoms with van der Waals surface area (Å²) in [5.74, 6) is 1.98. The molecule has 2 aliphatic heterocycles. The molecule has 108 valence electrons. The van der Waals surface area contributed by atoms with E-state index in [1.807, 2.05) is 13.1 Å². The number of ether oxygens (including phenoxy) is 2. The maximum atomic E-state index is 12.4. The molecular formula is C15H20N2O3. The van der Waals surface area contributed by atoms with Gasteiger partial charge >= 0.3 is 0 Å². The molecule has 0 spiro atoms. The Morgan fingerprint density at radius 2 is 2.15 bits per heavy atom. The van der Waals surface area contributed by atoms with Crippen molar-refractivity contribution in [1.82, 2.24) is 10.2 Å². The molecule has 2 heterocycles. The summed E-state index contributed by atoms with van der Waals surface area (Å²) in [6.45, 7) is 3.94. The van der Waals surface area contributed by atoms with Gasteiger partial charge < -0.3 is 19.7 Å². The van der Waals surface area contributed by atoms with E-state index in [1.165, 1.54) is 0 Å². The second kappa shape index (κ2) is 5.71. The van der Waals surface area contributed by atoms with E-state index in [4.69, 9.17) is 9.47 Å². The third kappa shape index (κ3) is 2.72. The van der Waals surface area contributed by atoms with Crippen molar-refractivity contribution in [3.8, 4) is 11.5 Å². The summed E-state index contributed by atoms with van der Waals surface area (Å²) in [5.41, 5.74) is 0.655. The fourth-order valence-corrected chi connectivity index (χ4v) is 2.74. The van der Waals surface area contributed by atoms with Crippen LogP contribution in [-0.4, -0.2) is 50.7 Å². The molecule has 1 atom stereocenters. The van der Waals surface area contributed by atoms with E-state index in [2.05, 4.69) is 5.32 Å². The maximum absolute atomic E-state index is 12.4. The molecule has 5 nitrogen and oxygen atoms in total. The van der Waals surface area contributed by atoms with Crippen LogP contribution in [-0.2, 0) is 0 Å². The maximum Gasteiger partial charge on any atom is 0.253 e. The topological polar surface area (TPSA) is 50.8 Å². The summed E-state index contributed by atoms with van der Waals surface area (Å²) in [6.07, 6.45) is 1.14. The second-order valence-corrected chi connectivity index (χ2v) is 5.40. The summed E-state index contributed by atoms with van der Waals surface area (Å²) in [6, 6.07) is 5.40. The van der Waals surface area contributed by atoms with Gasteiger partial charge in [0.05, 0.1) is 0 Å². The number of hydrogen-bond acceptors (Lipinski definition) is 4. The fraction of sp³-hybridized carbons (Fsp3) is 0.533. The molecule has 1 N–H and O–H groups in total. The first-order valence-electron chi connectivity index (χ1n) is 7.10.